The summed E-state index contributed by atoms with van der Waals surface area (Å²) in [5, 5.41) is 21.9. The normalized spacial score (nSPS) is 11.5. The van der Waals surface area contributed by atoms with Crippen molar-refractivity contribution in [3.63, 3.8) is 0 Å². The molecule has 0 bridgehead atoms. The summed E-state index contributed by atoms with van der Waals surface area (Å²) in [7, 11) is -0.373. The second-order valence-corrected chi connectivity index (χ2v) is 9.33. The van der Waals surface area contributed by atoms with Gasteiger partial charge in [0.1, 0.15) is 27.8 Å². The monoisotopic (exact) mass is 537 g/mol. The van der Waals surface area contributed by atoms with Gasteiger partial charge in [-0.25, -0.2) is 0 Å². The summed E-state index contributed by atoms with van der Waals surface area (Å²) in [4.78, 5) is 12.2. The highest BCUT2D eigenvalue weighted by molar-refractivity contribution is 7.86. The highest BCUT2D eigenvalue weighted by Gasteiger charge is 2.22. The summed E-state index contributed by atoms with van der Waals surface area (Å²) in [6, 6.07) is 16.7. The number of nitrogens with one attached hydrogen (secondary N) is 1. The van der Waals surface area contributed by atoms with E-state index in [-0.39, 0.29) is 16.3 Å². The Kier molecular flexibility index (Phi) is 7.46. The molecule has 1 amide bonds. The van der Waals surface area contributed by atoms with Gasteiger partial charge < -0.3 is 24.6 Å². The number of phenols is 1. The van der Waals surface area contributed by atoms with E-state index in [0.29, 0.717) is 28.6 Å². The van der Waals surface area contributed by atoms with E-state index < -0.39 is 32.4 Å². The van der Waals surface area contributed by atoms with Crippen LogP contribution in [0.2, 0.25) is 0 Å². The van der Waals surface area contributed by atoms with Crippen LogP contribution in [-0.4, -0.2) is 45.3 Å². The molecule has 0 unspecified atom stereocenters. The van der Waals surface area contributed by atoms with E-state index >= 15 is 0 Å². The Labute approximate surface area is 218 Å². The van der Waals surface area contributed by atoms with Gasteiger partial charge in [0.2, 0.25) is 0 Å². The quantitative estimate of drug-likeness (QED) is 0.197. The van der Waals surface area contributed by atoms with Crippen molar-refractivity contribution in [1.82, 2.24) is 0 Å². The zero-order valence-corrected chi connectivity index (χ0v) is 21.3. The minimum Gasteiger partial charge on any atom is -0.505 e. The SMILES string of the molecule is COc1ccc(/N=N/c2c(S(=O)(=O)O)cc3cc(NC(=O)c4cc(OC)cc(OC)c4)ccc3c2O)cc1. The number of methoxy groups -OCH3 is 3. The molecule has 12 heteroatoms. The standard InChI is InChI=1S/C26H23N3O8S/c1-35-19-7-4-17(5-8-19)28-29-24-23(38(32,33)34)13-15-10-18(6-9-22(15)25(24)30)27-26(31)16-11-20(36-2)14-21(12-16)37-3/h4-14,30H,1-3H3,(H,27,31)(H,32,33,34)/b29-28+. The third-order valence-corrected chi connectivity index (χ3v) is 6.41. The van der Waals surface area contributed by atoms with Crippen LogP contribution < -0.4 is 19.5 Å². The molecule has 3 N–H and O–H groups in total. The number of aromatic hydroxyl groups is 1. The second-order valence-electron chi connectivity index (χ2n) is 7.94. The number of hydrogen-bond acceptors (Lipinski definition) is 9. The number of fused-ring (bicyclic) bond motifs is 1. The van der Waals surface area contributed by atoms with Gasteiger partial charge >= 0.3 is 0 Å². The fourth-order valence-corrected chi connectivity index (χ4v) is 4.28. The van der Waals surface area contributed by atoms with E-state index in [1.54, 1.807) is 30.3 Å². The van der Waals surface area contributed by atoms with Gasteiger partial charge in [-0.3, -0.25) is 9.35 Å². The van der Waals surface area contributed by atoms with E-state index in [1.165, 1.54) is 51.7 Å². The fourth-order valence-electron chi connectivity index (χ4n) is 3.62. The Morgan fingerprint density at radius 2 is 1.45 bits per heavy atom. The van der Waals surface area contributed by atoms with Crippen LogP contribution in [0.3, 0.4) is 0 Å². The van der Waals surface area contributed by atoms with Crippen molar-refractivity contribution < 1.29 is 37.1 Å². The number of amides is 1. The molecule has 4 aromatic carbocycles. The molecule has 196 valence electrons. The first-order chi connectivity index (χ1) is 18.1. The molecule has 38 heavy (non-hydrogen) atoms. The van der Waals surface area contributed by atoms with E-state index in [9.17, 15) is 22.9 Å². The van der Waals surface area contributed by atoms with Crippen LogP contribution in [0.25, 0.3) is 10.8 Å². The lowest BCUT2D eigenvalue weighted by Gasteiger charge is -2.12. The smallest absolute Gasteiger partial charge is 0.296 e. The molecule has 11 nitrogen and oxygen atoms in total. The number of benzene rings is 4. The maximum Gasteiger partial charge on any atom is 0.296 e. The lowest BCUT2D eigenvalue weighted by Crippen LogP contribution is -2.12. The van der Waals surface area contributed by atoms with Crippen LogP contribution in [0, 0.1) is 0 Å². The van der Waals surface area contributed by atoms with Gasteiger partial charge in [0, 0.05) is 22.7 Å². The van der Waals surface area contributed by atoms with Gasteiger partial charge in [0.25, 0.3) is 16.0 Å². The van der Waals surface area contributed by atoms with Gasteiger partial charge in [-0.1, -0.05) is 0 Å². The van der Waals surface area contributed by atoms with Gasteiger partial charge in [-0.15, -0.1) is 5.11 Å². The Bertz CT molecular complexity index is 1630. The molecule has 0 radical (unpaired) electrons. The number of hydrogen-bond donors (Lipinski definition) is 3. The number of phenolic OH excluding ortho intramolecular Hbond substituents is 1. The first-order valence-electron chi connectivity index (χ1n) is 11.0. The molecule has 4 aromatic rings. The number of carbonyl (C=O) groups excluding carboxylic acids is 1. The first-order valence-corrected chi connectivity index (χ1v) is 12.4. The van der Waals surface area contributed by atoms with Crippen molar-refractivity contribution in [2.24, 2.45) is 10.2 Å². The predicted molar refractivity (Wildman–Crippen MR) is 140 cm³/mol. The Balaban J connectivity index is 1.72. The second kappa shape index (κ2) is 10.7. The van der Waals surface area contributed by atoms with E-state index in [0.717, 1.165) is 6.07 Å². The highest BCUT2D eigenvalue weighted by Crippen LogP contribution is 2.42. The van der Waals surface area contributed by atoms with Gasteiger partial charge in [0.15, 0.2) is 5.75 Å². The maximum absolute atomic E-state index is 12.9. The molecule has 0 atom stereocenters. The lowest BCUT2D eigenvalue weighted by atomic mass is 10.1. The summed E-state index contributed by atoms with van der Waals surface area (Å²) < 4.78 is 49.6. The summed E-state index contributed by atoms with van der Waals surface area (Å²) in [5.74, 6) is 0.442. The largest absolute Gasteiger partial charge is 0.505 e. The third kappa shape index (κ3) is 5.66. The van der Waals surface area contributed by atoms with Crippen molar-refractivity contribution in [1.29, 1.82) is 0 Å². The van der Waals surface area contributed by atoms with E-state index in [2.05, 4.69) is 15.5 Å². The number of azo groups is 1. The molecule has 0 aliphatic carbocycles. The molecule has 0 saturated carbocycles. The van der Waals surface area contributed by atoms with Crippen LogP contribution >= 0.6 is 0 Å². The molecule has 4 rings (SSSR count). The molecular weight excluding hydrogens is 514 g/mol. The molecule has 0 heterocycles. The summed E-state index contributed by atoms with van der Waals surface area (Å²) >= 11 is 0. The van der Waals surface area contributed by atoms with E-state index in [1.807, 2.05) is 0 Å². The summed E-state index contributed by atoms with van der Waals surface area (Å²) in [6.45, 7) is 0. The van der Waals surface area contributed by atoms with Crippen molar-refractivity contribution in [2.75, 3.05) is 26.6 Å². The number of rotatable bonds is 8. The Hall–Kier alpha value is -4.68. The minimum atomic E-state index is -4.81. The number of anilines is 1. The fraction of sp³-hybridized carbons (Fsp3) is 0.115. The van der Waals surface area contributed by atoms with Crippen molar-refractivity contribution >= 4 is 43.9 Å². The minimum absolute atomic E-state index is 0.222. The molecule has 0 saturated heterocycles. The van der Waals surface area contributed by atoms with Crippen molar-refractivity contribution in [2.45, 2.75) is 4.90 Å². The summed E-state index contributed by atoms with van der Waals surface area (Å²) in [5.41, 5.74) is 0.490. The number of nitrogens with zero attached hydrogens (tertiary/aromatic N) is 2. The van der Waals surface area contributed by atoms with Crippen LogP contribution in [0.4, 0.5) is 17.1 Å². The predicted octanol–water partition coefficient (Wildman–Crippen LogP) is 5.49. The zero-order valence-electron chi connectivity index (χ0n) is 20.5. The zero-order chi connectivity index (χ0) is 27.4. The van der Waals surface area contributed by atoms with Gasteiger partial charge in [0.05, 0.1) is 27.0 Å². The van der Waals surface area contributed by atoms with Gasteiger partial charge in [-0.05, 0) is 66.0 Å². The van der Waals surface area contributed by atoms with Gasteiger partial charge in [-0.2, -0.15) is 13.5 Å². The average Bonchev–Trinajstić information content (AvgIpc) is 2.91. The molecule has 0 aromatic heterocycles. The Morgan fingerprint density at radius 1 is 0.816 bits per heavy atom. The van der Waals surface area contributed by atoms with Crippen LogP contribution in [0.5, 0.6) is 23.0 Å². The number of carbonyl (C=O) groups is 1. The number of ether oxygens (including phenoxy) is 3. The van der Waals surface area contributed by atoms with Crippen LogP contribution in [-0.2, 0) is 10.1 Å². The molecule has 0 spiro atoms. The molecule has 0 fully saturated rings. The van der Waals surface area contributed by atoms with Crippen molar-refractivity contribution in [3.8, 4) is 23.0 Å². The average molecular weight is 538 g/mol. The maximum atomic E-state index is 12.9. The van der Waals surface area contributed by atoms with Crippen LogP contribution in [0.1, 0.15) is 10.4 Å². The first kappa shape index (κ1) is 26.4. The molecule has 0 aliphatic heterocycles. The Morgan fingerprint density at radius 3 is 2.03 bits per heavy atom. The molecule has 0 aliphatic rings. The highest BCUT2D eigenvalue weighted by atomic mass is 32.2. The third-order valence-electron chi connectivity index (χ3n) is 5.54. The van der Waals surface area contributed by atoms with E-state index in [4.69, 9.17) is 14.2 Å². The van der Waals surface area contributed by atoms with Crippen molar-refractivity contribution in [3.05, 3.63) is 72.3 Å². The lowest BCUT2D eigenvalue weighted by molar-refractivity contribution is 0.102. The van der Waals surface area contributed by atoms with Crippen LogP contribution in [0.15, 0.2) is 81.9 Å². The summed E-state index contributed by atoms with van der Waals surface area (Å²) in [6.07, 6.45) is 0. The topological polar surface area (TPSA) is 156 Å². The molecular formula is C26H23N3O8S.